The van der Waals surface area contributed by atoms with Crippen molar-refractivity contribution in [2.24, 2.45) is 0 Å². The Kier molecular flexibility index (Phi) is 5.62. The lowest BCUT2D eigenvalue weighted by molar-refractivity contribution is 0.0981. The number of nitrogens with one attached hydrogen (secondary N) is 1. The SMILES string of the molecule is COc1ccccc1-c1nn(-c2ccc(C(=O)NS(C)(=O)=O)cc2F)c2ccc(Cl)cc12. The number of methoxy groups -OCH3 is 1. The van der Waals surface area contributed by atoms with Gasteiger partial charge in [0.05, 0.1) is 18.9 Å². The zero-order valence-corrected chi connectivity index (χ0v) is 18.5. The number of benzene rings is 3. The molecule has 32 heavy (non-hydrogen) atoms. The Morgan fingerprint density at radius 3 is 2.56 bits per heavy atom. The Labute approximate surface area is 188 Å². The molecule has 0 saturated carbocycles. The van der Waals surface area contributed by atoms with Gasteiger partial charge >= 0.3 is 0 Å². The molecule has 0 fully saturated rings. The second-order valence-electron chi connectivity index (χ2n) is 6.99. The van der Waals surface area contributed by atoms with Gasteiger partial charge in [-0.3, -0.25) is 4.79 Å². The minimum atomic E-state index is -3.78. The molecule has 0 spiro atoms. The first-order valence-corrected chi connectivity index (χ1v) is 11.6. The predicted octanol–water partition coefficient (Wildman–Crippen LogP) is 4.18. The van der Waals surface area contributed by atoms with Crippen LogP contribution in [0.4, 0.5) is 4.39 Å². The molecular formula is C22H17ClFN3O4S. The average molecular weight is 474 g/mol. The number of carbonyl (C=O) groups excluding carboxylic acids is 1. The van der Waals surface area contributed by atoms with Crippen LogP contribution in [-0.2, 0) is 10.0 Å². The minimum absolute atomic E-state index is 0.0781. The second-order valence-corrected chi connectivity index (χ2v) is 9.18. The number of nitrogens with zero attached hydrogens (tertiary/aromatic N) is 2. The summed E-state index contributed by atoms with van der Waals surface area (Å²) in [6.07, 6.45) is 0.843. The normalized spacial score (nSPS) is 11.5. The van der Waals surface area contributed by atoms with Gasteiger partial charge in [-0.1, -0.05) is 23.7 Å². The fourth-order valence-corrected chi connectivity index (χ4v) is 3.99. The summed E-state index contributed by atoms with van der Waals surface area (Å²) < 4.78 is 46.3. The van der Waals surface area contributed by atoms with Crippen LogP contribution in [0.2, 0.25) is 5.02 Å². The average Bonchev–Trinajstić information content (AvgIpc) is 3.10. The number of halogens is 2. The molecule has 4 aromatic rings. The molecule has 0 unspecified atom stereocenters. The maximum absolute atomic E-state index is 15.1. The monoisotopic (exact) mass is 473 g/mol. The van der Waals surface area contributed by atoms with Crippen molar-refractivity contribution in [2.75, 3.05) is 13.4 Å². The van der Waals surface area contributed by atoms with Crippen molar-refractivity contribution in [3.63, 3.8) is 0 Å². The highest BCUT2D eigenvalue weighted by molar-refractivity contribution is 7.89. The Balaban J connectivity index is 1.88. The molecule has 1 N–H and O–H groups in total. The number of rotatable bonds is 5. The van der Waals surface area contributed by atoms with Gasteiger partial charge in [-0.15, -0.1) is 0 Å². The highest BCUT2D eigenvalue weighted by atomic mass is 35.5. The van der Waals surface area contributed by atoms with Gasteiger partial charge in [0.25, 0.3) is 5.91 Å². The van der Waals surface area contributed by atoms with Crippen LogP contribution in [0.15, 0.2) is 60.7 Å². The number of fused-ring (bicyclic) bond motifs is 1. The van der Waals surface area contributed by atoms with Crippen LogP contribution in [0.1, 0.15) is 10.4 Å². The summed E-state index contributed by atoms with van der Waals surface area (Å²) >= 11 is 6.21. The molecule has 10 heteroatoms. The number of hydrogen-bond donors (Lipinski definition) is 1. The van der Waals surface area contributed by atoms with Gasteiger partial charge in [-0.25, -0.2) is 22.2 Å². The van der Waals surface area contributed by atoms with Gasteiger partial charge in [-0.05, 0) is 48.5 Å². The summed E-state index contributed by atoms with van der Waals surface area (Å²) in [5.74, 6) is -1.09. The van der Waals surface area contributed by atoms with Gasteiger partial charge in [-0.2, -0.15) is 5.10 Å². The molecule has 3 aromatic carbocycles. The molecule has 0 atom stereocenters. The van der Waals surface area contributed by atoms with E-state index in [1.54, 1.807) is 31.4 Å². The van der Waals surface area contributed by atoms with Crippen molar-refractivity contribution >= 4 is 38.4 Å². The van der Waals surface area contributed by atoms with E-state index < -0.39 is 21.7 Å². The highest BCUT2D eigenvalue weighted by Gasteiger charge is 2.20. The van der Waals surface area contributed by atoms with Gasteiger partial charge in [0.15, 0.2) is 0 Å². The van der Waals surface area contributed by atoms with Crippen molar-refractivity contribution in [3.05, 3.63) is 77.1 Å². The minimum Gasteiger partial charge on any atom is -0.496 e. The van der Waals surface area contributed by atoms with E-state index in [-0.39, 0.29) is 11.3 Å². The summed E-state index contributed by atoms with van der Waals surface area (Å²) in [6, 6.07) is 16.0. The Morgan fingerprint density at radius 1 is 1.12 bits per heavy atom. The van der Waals surface area contributed by atoms with Crippen LogP contribution in [0.5, 0.6) is 5.75 Å². The molecule has 0 aliphatic rings. The highest BCUT2D eigenvalue weighted by Crippen LogP contribution is 2.36. The van der Waals surface area contributed by atoms with E-state index in [2.05, 4.69) is 5.10 Å². The maximum Gasteiger partial charge on any atom is 0.264 e. The van der Waals surface area contributed by atoms with Crippen LogP contribution in [-0.4, -0.2) is 37.5 Å². The summed E-state index contributed by atoms with van der Waals surface area (Å²) in [6.45, 7) is 0. The van der Waals surface area contributed by atoms with E-state index in [9.17, 15) is 13.2 Å². The van der Waals surface area contributed by atoms with Crippen molar-refractivity contribution < 1.29 is 22.3 Å². The molecular weight excluding hydrogens is 457 g/mol. The lowest BCUT2D eigenvalue weighted by Crippen LogP contribution is -2.29. The standard InChI is InChI=1S/C22H17ClFN3O4S/c1-31-20-6-4-3-5-15(20)21-16-12-14(23)8-10-18(16)27(25-21)19-9-7-13(11-17(19)24)22(28)26-32(2,29)30/h3-12H,1-2H3,(H,26,28). The summed E-state index contributed by atoms with van der Waals surface area (Å²) in [5, 5.41) is 5.78. The quantitative estimate of drug-likeness (QED) is 0.469. The third-order valence-electron chi connectivity index (χ3n) is 4.72. The lowest BCUT2D eigenvalue weighted by atomic mass is 10.1. The molecule has 4 rings (SSSR count). The van der Waals surface area contributed by atoms with E-state index in [1.165, 1.54) is 16.8 Å². The van der Waals surface area contributed by atoms with E-state index in [4.69, 9.17) is 16.3 Å². The largest absolute Gasteiger partial charge is 0.496 e. The van der Waals surface area contributed by atoms with Crippen LogP contribution in [0, 0.1) is 5.82 Å². The number of ether oxygens (including phenoxy) is 1. The molecule has 0 aliphatic carbocycles. The molecule has 164 valence electrons. The molecule has 1 aromatic heterocycles. The number of sulfonamides is 1. The number of aromatic nitrogens is 2. The Bertz CT molecular complexity index is 1470. The van der Waals surface area contributed by atoms with E-state index in [0.29, 0.717) is 32.9 Å². The number of para-hydroxylation sites is 1. The second kappa shape index (κ2) is 8.25. The molecule has 7 nitrogen and oxygen atoms in total. The van der Waals surface area contributed by atoms with Crippen LogP contribution in [0.25, 0.3) is 27.8 Å². The first-order valence-electron chi connectivity index (χ1n) is 9.31. The predicted molar refractivity (Wildman–Crippen MR) is 120 cm³/mol. The topological polar surface area (TPSA) is 90.3 Å². The van der Waals surface area contributed by atoms with Gasteiger partial charge in [0, 0.05) is 21.5 Å². The van der Waals surface area contributed by atoms with Crippen molar-refractivity contribution in [1.82, 2.24) is 14.5 Å². The van der Waals surface area contributed by atoms with Crippen molar-refractivity contribution in [2.45, 2.75) is 0 Å². The molecule has 1 amide bonds. The van der Waals surface area contributed by atoms with Crippen molar-refractivity contribution in [1.29, 1.82) is 0 Å². The third kappa shape index (κ3) is 4.17. The summed E-state index contributed by atoms with van der Waals surface area (Å²) in [7, 11) is -2.23. The number of carbonyl (C=O) groups is 1. The zero-order chi connectivity index (χ0) is 23.0. The van der Waals surface area contributed by atoms with Gasteiger partial charge in [0.1, 0.15) is 22.9 Å². The summed E-state index contributed by atoms with van der Waals surface area (Å²) in [4.78, 5) is 12.1. The van der Waals surface area contributed by atoms with Crippen LogP contribution in [0.3, 0.4) is 0 Å². The summed E-state index contributed by atoms with van der Waals surface area (Å²) in [5.41, 5.74) is 1.77. The van der Waals surface area contributed by atoms with Gasteiger partial charge in [0.2, 0.25) is 10.0 Å². The van der Waals surface area contributed by atoms with Gasteiger partial charge < -0.3 is 4.74 Å². The first-order chi connectivity index (χ1) is 15.2. The molecule has 1 heterocycles. The smallest absolute Gasteiger partial charge is 0.264 e. The maximum atomic E-state index is 15.1. The number of amides is 1. The van der Waals surface area contributed by atoms with E-state index in [1.807, 2.05) is 22.9 Å². The third-order valence-corrected chi connectivity index (χ3v) is 5.51. The van der Waals surface area contributed by atoms with Crippen LogP contribution >= 0.6 is 11.6 Å². The molecule has 0 bridgehead atoms. The molecule has 0 saturated heterocycles. The zero-order valence-electron chi connectivity index (χ0n) is 17.0. The lowest BCUT2D eigenvalue weighted by Gasteiger charge is -2.08. The fraction of sp³-hybridized carbons (Fsp3) is 0.0909. The van der Waals surface area contributed by atoms with E-state index in [0.717, 1.165) is 12.3 Å². The fourth-order valence-electron chi connectivity index (χ4n) is 3.36. The Morgan fingerprint density at radius 2 is 1.88 bits per heavy atom. The Hall–Kier alpha value is -3.43. The molecule has 0 aliphatic heterocycles. The number of hydrogen-bond acceptors (Lipinski definition) is 5. The van der Waals surface area contributed by atoms with E-state index >= 15 is 4.39 Å². The first kappa shape index (κ1) is 21.8. The van der Waals surface area contributed by atoms with Crippen LogP contribution < -0.4 is 9.46 Å². The molecule has 0 radical (unpaired) electrons. The van der Waals surface area contributed by atoms with Crippen molar-refractivity contribution in [3.8, 4) is 22.7 Å².